The van der Waals surface area contributed by atoms with Crippen LogP contribution in [0.2, 0.25) is 0 Å². The molecule has 2 aromatic carbocycles. The number of pyridine rings is 1. The molecule has 0 saturated carbocycles. The van der Waals surface area contributed by atoms with Gasteiger partial charge in [-0.1, -0.05) is 43.3 Å². The Morgan fingerprint density at radius 3 is 2.67 bits per heavy atom. The van der Waals surface area contributed by atoms with Gasteiger partial charge in [0.05, 0.1) is 35.0 Å². The number of hydrogen-bond donors (Lipinski definition) is 0. The van der Waals surface area contributed by atoms with Gasteiger partial charge in [0, 0.05) is 24.7 Å². The third-order valence-electron chi connectivity index (χ3n) is 6.72. The van der Waals surface area contributed by atoms with E-state index in [9.17, 15) is 0 Å². The van der Waals surface area contributed by atoms with Gasteiger partial charge in [0.25, 0.3) is 0 Å². The Hall–Kier alpha value is -3.97. The second kappa shape index (κ2) is 9.95. The molecular formula is C29H29N5O2. The standard InChI is InChI=1S/C29H29N5O2/c1-2-26-25-11-12-27(31-29(25)34(32-26)22-14-17-35-18-15-22)28-13-16-30-33(28)23-9-6-10-24(19-23)36-20-21-7-4-3-5-8-21/h3-13,16,19,22H,2,14-15,17-18,20H2,1H3. The van der Waals surface area contributed by atoms with Crippen molar-refractivity contribution in [3.63, 3.8) is 0 Å². The fraction of sp³-hybridized carbons (Fsp3) is 0.276. The van der Waals surface area contributed by atoms with Crippen molar-refractivity contribution in [1.82, 2.24) is 24.5 Å². The number of fused-ring (bicyclic) bond motifs is 1. The van der Waals surface area contributed by atoms with E-state index in [1.807, 2.05) is 59.4 Å². The molecule has 0 spiro atoms. The molecule has 7 nitrogen and oxygen atoms in total. The zero-order valence-electron chi connectivity index (χ0n) is 20.4. The normalized spacial score (nSPS) is 14.4. The SMILES string of the molecule is CCc1nn(C2CCOCC2)c2nc(-c3ccnn3-c3cccc(OCc4ccccc4)c3)ccc12. The third-order valence-corrected chi connectivity index (χ3v) is 6.72. The molecule has 7 heteroatoms. The van der Waals surface area contributed by atoms with Crippen LogP contribution in [0.15, 0.2) is 79.0 Å². The fourth-order valence-electron chi connectivity index (χ4n) is 4.82. The highest BCUT2D eigenvalue weighted by Gasteiger charge is 2.22. The van der Waals surface area contributed by atoms with Gasteiger partial charge in [-0.15, -0.1) is 0 Å². The zero-order chi connectivity index (χ0) is 24.3. The summed E-state index contributed by atoms with van der Waals surface area (Å²) in [5.74, 6) is 0.798. The lowest BCUT2D eigenvalue weighted by Crippen LogP contribution is -2.21. The predicted molar refractivity (Wildman–Crippen MR) is 139 cm³/mol. The van der Waals surface area contributed by atoms with Crippen LogP contribution < -0.4 is 4.74 Å². The zero-order valence-corrected chi connectivity index (χ0v) is 20.4. The molecule has 36 heavy (non-hydrogen) atoms. The fourth-order valence-corrected chi connectivity index (χ4v) is 4.82. The van der Waals surface area contributed by atoms with Gasteiger partial charge in [0.15, 0.2) is 5.65 Å². The number of nitrogens with zero attached hydrogens (tertiary/aromatic N) is 5. The number of benzene rings is 2. The molecule has 182 valence electrons. The molecule has 0 atom stereocenters. The largest absolute Gasteiger partial charge is 0.489 e. The van der Waals surface area contributed by atoms with Crippen LogP contribution in [0.1, 0.15) is 37.1 Å². The van der Waals surface area contributed by atoms with Gasteiger partial charge in [-0.25, -0.2) is 14.3 Å². The van der Waals surface area contributed by atoms with Gasteiger partial charge in [-0.2, -0.15) is 10.2 Å². The molecule has 0 aliphatic carbocycles. The van der Waals surface area contributed by atoms with Gasteiger partial charge in [-0.05, 0) is 55.2 Å². The highest BCUT2D eigenvalue weighted by molar-refractivity contribution is 5.81. The van der Waals surface area contributed by atoms with Gasteiger partial charge < -0.3 is 9.47 Å². The van der Waals surface area contributed by atoms with E-state index in [-0.39, 0.29) is 0 Å². The van der Waals surface area contributed by atoms with Crippen molar-refractivity contribution in [3.8, 4) is 22.8 Å². The van der Waals surface area contributed by atoms with E-state index in [0.29, 0.717) is 12.6 Å². The monoisotopic (exact) mass is 479 g/mol. The molecule has 0 unspecified atom stereocenters. The molecule has 4 heterocycles. The molecule has 0 amide bonds. The van der Waals surface area contributed by atoms with E-state index in [0.717, 1.165) is 77.6 Å². The van der Waals surface area contributed by atoms with E-state index in [1.165, 1.54) is 0 Å². The van der Waals surface area contributed by atoms with Crippen LogP contribution in [0.5, 0.6) is 5.75 Å². The van der Waals surface area contributed by atoms with Crippen LogP contribution in [0, 0.1) is 0 Å². The van der Waals surface area contributed by atoms with Gasteiger partial charge >= 0.3 is 0 Å². The lowest BCUT2D eigenvalue weighted by Gasteiger charge is -2.22. The predicted octanol–water partition coefficient (Wildman–Crippen LogP) is 5.78. The van der Waals surface area contributed by atoms with Crippen LogP contribution in [-0.2, 0) is 17.8 Å². The lowest BCUT2D eigenvalue weighted by molar-refractivity contribution is 0.0672. The Morgan fingerprint density at radius 1 is 0.972 bits per heavy atom. The Labute approximate surface area is 210 Å². The van der Waals surface area contributed by atoms with Crippen LogP contribution in [0.4, 0.5) is 0 Å². The summed E-state index contributed by atoms with van der Waals surface area (Å²) in [4.78, 5) is 5.11. The van der Waals surface area contributed by atoms with Crippen molar-refractivity contribution >= 4 is 11.0 Å². The topological polar surface area (TPSA) is 67.0 Å². The maximum Gasteiger partial charge on any atom is 0.159 e. The number of aromatic nitrogens is 5. The summed E-state index contributed by atoms with van der Waals surface area (Å²) in [6, 6.07) is 24.7. The second-order valence-electron chi connectivity index (χ2n) is 9.06. The first-order chi connectivity index (χ1) is 17.8. The van der Waals surface area contributed by atoms with Crippen molar-refractivity contribution < 1.29 is 9.47 Å². The molecule has 0 N–H and O–H groups in total. The minimum Gasteiger partial charge on any atom is -0.489 e. The van der Waals surface area contributed by atoms with Crippen LogP contribution >= 0.6 is 0 Å². The molecule has 1 aliphatic heterocycles. The second-order valence-corrected chi connectivity index (χ2v) is 9.06. The average Bonchev–Trinajstić information content (AvgIpc) is 3.58. The molecule has 1 saturated heterocycles. The van der Waals surface area contributed by atoms with Crippen LogP contribution in [0.25, 0.3) is 28.1 Å². The van der Waals surface area contributed by atoms with Gasteiger partial charge in [0.1, 0.15) is 12.4 Å². The maximum atomic E-state index is 6.05. The molecule has 3 aromatic heterocycles. The van der Waals surface area contributed by atoms with Crippen molar-refractivity contribution in [2.75, 3.05) is 13.2 Å². The van der Waals surface area contributed by atoms with Gasteiger partial charge in [-0.3, -0.25) is 0 Å². The molecule has 1 fully saturated rings. The Morgan fingerprint density at radius 2 is 1.83 bits per heavy atom. The molecule has 0 radical (unpaired) electrons. The van der Waals surface area contributed by atoms with Crippen molar-refractivity contribution in [2.45, 2.75) is 38.8 Å². The highest BCUT2D eigenvalue weighted by atomic mass is 16.5. The summed E-state index contributed by atoms with van der Waals surface area (Å²) >= 11 is 0. The Bertz CT molecular complexity index is 1470. The van der Waals surface area contributed by atoms with Gasteiger partial charge in [0.2, 0.25) is 0 Å². The van der Waals surface area contributed by atoms with E-state index >= 15 is 0 Å². The molecule has 6 rings (SSSR count). The first-order valence-corrected chi connectivity index (χ1v) is 12.6. The lowest BCUT2D eigenvalue weighted by atomic mass is 10.1. The van der Waals surface area contributed by atoms with Crippen LogP contribution in [-0.4, -0.2) is 37.8 Å². The molecule has 0 bridgehead atoms. The smallest absolute Gasteiger partial charge is 0.159 e. The summed E-state index contributed by atoms with van der Waals surface area (Å²) in [5.41, 5.74) is 5.88. The average molecular weight is 480 g/mol. The van der Waals surface area contributed by atoms with E-state index in [1.54, 1.807) is 0 Å². The third kappa shape index (κ3) is 4.38. The highest BCUT2D eigenvalue weighted by Crippen LogP contribution is 2.30. The number of aryl methyl sites for hydroxylation is 1. The summed E-state index contributed by atoms with van der Waals surface area (Å²) in [6.07, 6.45) is 4.60. The number of hydrogen-bond acceptors (Lipinski definition) is 5. The van der Waals surface area contributed by atoms with E-state index < -0.39 is 0 Å². The first kappa shape index (κ1) is 22.5. The summed E-state index contributed by atoms with van der Waals surface area (Å²) < 4.78 is 15.7. The minimum absolute atomic E-state index is 0.313. The Balaban J connectivity index is 1.33. The Kier molecular flexibility index (Phi) is 6.22. The van der Waals surface area contributed by atoms with E-state index in [2.05, 4.69) is 41.0 Å². The number of ether oxygens (including phenoxy) is 2. The molecule has 5 aromatic rings. The minimum atomic E-state index is 0.313. The summed E-state index contributed by atoms with van der Waals surface area (Å²) in [7, 11) is 0. The van der Waals surface area contributed by atoms with E-state index in [4.69, 9.17) is 19.6 Å². The number of rotatable bonds is 7. The summed E-state index contributed by atoms with van der Waals surface area (Å²) in [6.45, 7) is 4.20. The molecule has 1 aliphatic rings. The van der Waals surface area contributed by atoms with Crippen LogP contribution in [0.3, 0.4) is 0 Å². The molecular weight excluding hydrogens is 450 g/mol. The maximum absolute atomic E-state index is 6.05. The quantitative estimate of drug-likeness (QED) is 0.296. The first-order valence-electron chi connectivity index (χ1n) is 12.6. The summed E-state index contributed by atoms with van der Waals surface area (Å²) in [5, 5.41) is 10.7. The van der Waals surface area contributed by atoms with Crippen molar-refractivity contribution in [1.29, 1.82) is 0 Å². The van der Waals surface area contributed by atoms with Crippen molar-refractivity contribution in [3.05, 3.63) is 90.3 Å². The van der Waals surface area contributed by atoms with Crippen molar-refractivity contribution in [2.24, 2.45) is 0 Å².